The Morgan fingerprint density at radius 3 is 2.78 bits per heavy atom. The van der Waals surface area contributed by atoms with Crippen molar-refractivity contribution < 1.29 is 4.74 Å². The van der Waals surface area contributed by atoms with Crippen LogP contribution in [0.1, 0.15) is 35.2 Å². The standard InChI is InChI=1S/C19H23N7O/c1-26-10-13(11-26)12-3-4-15(17(5-12)27-2)16-6-18(25-24-16)23-19-9-21-14(7-20)8-22-19/h3-5,8-9,13,16,18,24-25H,6,10-11H2,1-2H3,(H,22,23). The lowest BCUT2D eigenvalue weighted by Gasteiger charge is -2.36. The third kappa shape index (κ3) is 3.71. The normalized spacial score (nSPS) is 22.9. The predicted molar refractivity (Wildman–Crippen MR) is 101 cm³/mol. The van der Waals surface area contributed by atoms with Crippen molar-refractivity contribution >= 4 is 5.82 Å². The molecule has 1 aromatic carbocycles. The van der Waals surface area contributed by atoms with E-state index in [1.807, 2.05) is 6.07 Å². The van der Waals surface area contributed by atoms with Crippen LogP contribution in [-0.4, -0.2) is 48.3 Å². The molecule has 0 spiro atoms. The highest BCUT2D eigenvalue weighted by molar-refractivity contribution is 5.43. The maximum Gasteiger partial charge on any atom is 0.158 e. The zero-order chi connectivity index (χ0) is 18.8. The van der Waals surface area contributed by atoms with Gasteiger partial charge in [-0.15, -0.1) is 0 Å². The van der Waals surface area contributed by atoms with Crippen molar-refractivity contribution in [2.75, 3.05) is 32.6 Å². The molecule has 0 amide bonds. The van der Waals surface area contributed by atoms with Crippen LogP contribution >= 0.6 is 0 Å². The van der Waals surface area contributed by atoms with Gasteiger partial charge in [-0.25, -0.2) is 20.8 Å². The van der Waals surface area contributed by atoms with E-state index in [9.17, 15) is 0 Å². The number of nitrogens with zero attached hydrogens (tertiary/aromatic N) is 4. The number of rotatable bonds is 5. The number of hydrogen-bond acceptors (Lipinski definition) is 8. The maximum atomic E-state index is 8.80. The first kappa shape index (κ1) is 17.7. The number of anilines is 1. The smallest absolute Gasteiger partial charge is 0.158 e. The molecule has 2 atom stereocenters. The minimum Gasteiger partial charge on any atom is -0.496 e. The van der Waals surface area contributed by atoms with Gasteiger partial charge in [0.15, 0.2) is 5.69 Å². The fourth-order valence-electron chi connectivity index (χ4n) is 3.67. The molecule has 0 aliphatic carbocycles. The van der Waals surface area contributed by atoms with Crippen LogP contribution in [-0.2, 0) is 0 Å². The monoisotopic (exact) mass is 365 g/mol. The lowest BCUT2D eigenvalue weighted by molar-refractivity contribution is 0.189. The number of nitriles is 1. The van der Waals surface area contributed by atoms with Crippen LogP contribution in [0.2, 0.25) is 0 Å². The number of likely N-dealkylation sites (tertiary alicyclic amines) is 1. The third-order valence-corrected chi connectivity index (χ3v) is 5.16. The molecule has 4 rings (SSSR count). The molecule has 0 saturated carbocycles. The van der Waals surface area contributed by atoms with Crippen molar-refractivity contribution in [2.24, 2.45) is 0 Å². The highest BCUT2D eigenvalue weighted by Crippen LogP contribution is 2.35. The molecule has 8 nitrogen and oxygen atoms in total. The first-order valence-electron chi connectivity index (χ1n) is 9.02. The summed E-state index contributed by atoms with van der Waals surface area (Å²) in [7, 11) is 3.86. The zero-order valence-corrected chi connectivity index (χ0v) is 15.4. The average molecular weight is 365 g/mol. The summed E-state index contributed by atoms with van der Waals surface area (Å²) in [5, 5.41) is 12.1. The molecule has 1 aromatic heterocycles. The Bertz CT molecular complexity index is 842. The SMILES string of the molecule is COc1cc(C2CN(C)C2)ccc1C1CC(Nc2cnc(C#N)cn2)NN1. The summed E-state index contributed by atoms with van der Waals surface area (Å²) in [5.74, 6) is 2.14. The molecular formula is C19H23N7O. The molecule has 3 N–H and O–H groups in total. The second kappa shape index (κ2) is 7.48. The predicted octanol–water partition coefficient (Wildman–Crippen LogP) is 1.36. The largest absolute Gasteiger partial charge is 0.496 e. The number of hydrazine groups is 1. The quantitative estimate of drug-likeness (QED) is 0.731. The van der Waals surface area contributed by atoms with E-state index in [0.717, 1.165) is 30.8 Å². The molecule has 27 heavy (non-hydrogen) atoms. The summed E-state index contributed by atoms with van der Waals surface area (Å²) in [6, 6.07) is 8.64. The van der Waals surface area contributed by atoms with Gasteiger partial charge in [0.25, 0.3) is 0 Å². The number of ether oxygens (including phenoxy) is 1. The molecule has 2 unspecified atom stereocenters. The van der Waals surface area contributed by atoms with Crippen molar-refractivity contribution in [3.05, 3.63) is 47.4 Å². The lowest BCUT2D eigenvalue weighted by Crippen LogP contribution is -2.41. The fourth-order valence-corrected chi connectivity index (χ4v) is 3.67. The van der Waals surface area contributed by atoms with Gasteiger partial charge in [-0.3, -0.25) is 0 Å². The molecule has 2 saturated heterocycles. The van der Waals surface area contributed by atoms with Crippen LogP contribution in [0.5, 0.6) is 5.75 Å². The summed E-state index contributed by atoms with van der Waals surface area (Å²) in [4.78, 5) is 10.6. The highest BCUT2D eigenvalue weighted by atomic mass is 16.5. The molecule has 0 radical (unpaired) electrons. The molecule has 2 aliphatic heterocycles. The third-order valence-electron chi connectivity index (χ3n) is 5.16. The number of benzene rings is 1. The van der Waals surface area contributed by atoms with Gasteiger partial charge in [0, 0.05) is 31.0 Å². The number of likely N-dealkylation sites (N-methyl/N-ethyl adjacent to an activating group) is 1. The van der Waals surface area contributed by atoms with Crippen LogP contribution in [0, 0.1) is 11.3 Å². The molecular weight excluding hydrogens is 342 g/mol. The van der Waals surface area contributed by atoms with E-state index in [4.69, 9.17) is 10.00 Å². The van der Waals surface area contributed by atoms with Gasteiger partial charge in [-0.1, -0.05) is 12.1 Å². The minimum absolute atomic E-state index is 0.00176. The van der Waals surface area contributed by atoms with E-state index in [0.29, 0.717) is 17.4 Å². The Morgan fingerprint density at radius 2 is 2.11 bits per heavy atom. The van der Waals surface area contributed by atoms with Gasteiger partial charge in [-0.05, 0) is 18.7 Å². The number of methoxy groups -OCH3 is 1. The Labute approximate surface area is 158 Å². The highest BCUT2D eigenvalue weighted by Gasteiger charge is 2.29. The molecule has 0 bridgehead atoms. The molecule has 8 heteroatoms. The Balaban J connectivity index is 1.42. The van der Waals surface area contributed by atoms with Crippen LogP contribution in [0.4, 0.5) is 5.82 Å². The Morgan fingerprint density at radius 1 is 1.26 bits per heavy atom. The number of aromatic nitrogens is 2. The first-order valence-corrected chi connectivity index (χ1v) is 9.02. The summed E-state index contributed by atoms with van der Waals surface area (Å²) < 4.78 is 5.67. The summed E-state index contributed by atoms with van der Waals surface area (Å²) in [6.45, 7) is 2.20. The van der Waals surface area contributed by atoms with E-state index in [1.54, 1.807) is 13.3 Å². The van der Waals surface area contributed by atoms with Crippen molar-refractivity contribution in [1.29, 1.82) is 5.26 Å². The maximum absolute atomic E-state index is 8.80. The molecule has 140 valence electrons. The van der Waals surface area contributed by atoms with Crippen LogP contribution < -0.4 is 20.9 Å². The Hall–Kier alpha value is -2.73. The van der Waals surface area contributed by atoms with E-state index in [1.165, 1.54) is 11.8 Å². The first-order chi connectivity index (χ1) is 13.2. The second-order valence-electron chi connectivity index (χ2n) is 7.09. The summed E-state index contributed by atoms with van der Waals surface area (Å²) in [6.07, 6.45) is 3.85. The van der Waals surface area contributed by atoms with Crippen LogP contribution in [0.15, 0.2) is 30.6 Å². The van der Waals surface area contributed by atoms with Gasteiger partial charge >= 0.3 is 0 Å². The van der Waals surface area contributed by atoms with Crippen molar-refractivity contribution in [3.63, 3.8) is 0 Å². The average Bonchev–Trinajstić information content (AvgIpc) is 3.14. The zero-order valence-electron chi connectivity index (χ0n) is 15.4. The molecule has 2 fully saturated rings. The molecule has 2 aliphatic rings. The molecule has 3 heterocycles. The van der Waals surface area contributed by atoms with E-state index >= 15 is 0 Å². The summed E-state index contributed by atoms with van der Waals surface area (Å²) >= 11 is 0. The number of nitrogens with one attached hydrogen (secondary N) is 3. The van der Waals surface area contributed by atoms with E-state index in [-0.39, 0.29) is 12.2 Å². The summed E-state index contributed by atoms with van der Waals surface area (Å²) in [5.41, 5.74) is 9.34. The van der Waals surface area contributed by atoms with E-state index < -0.39 is 0 Å². The van der Waals surface area contributed by atoms with Crippen molar-refractivity contribution in [3.8, 4) is 11.8 Å². The van der Waals surface area contributed by atoms with Crippen LogP contribution in [0.3, 0.4) is 0 Å². The topological polar surface area (TPSA) is 98.1 Å². The van der Waals surface area contributed by atoms with Gasteiger partial charge in [0.1, 0.15) is 17.6 Å². The Kier molecular flexibility index (Phi) is 4.90. The van der Waals surface area contributed by atoms with Gasteiger partial charge < -0.3 is 15.0 Å². The lowest BCUT2D eigenvalue weighted by atomic mass is 9.90. The fraction of sp³-hybridized carbons (Fsp3) is 0.421. The minimum atomic E-state index is 0.00176. The van der Waals surface area contributed by atoms with Gasteiger partial charge in [0.05, 0.1) is 31.7 Å². The van der Waals surface area contributed by atoms with E-state index in [2.05, 4.69) is 56.3 Å². The second-order valence-corrected chi connectivity index (χ2v) is 7.09. The van der Waals surface area contributed by atoms with Crippen LogP contribution in [0.25, 0.3) is 0 Å². The van der Waals surface area contributed by atoms with Gasteiger partial charge in [0.2, 0.25) is 0 Å². The van der Waals surface area contributed by atoms with Crippen molar-refractivity contribution in [2.45, 2.75) is 24.5 Å². The van der Waals surface area contributed by atoms with Gasteiger partial charge in [-0.2, -0.15) is 5.26 Å². The number of hydrogen-bond donors (Lipinski definition) is 3. The van der Waals surface area contributed by atoms with Crippen molar-refractivity contribution in [1.82, 2.24) is 25.7 Å². The molecule has 2 aromatic rings.